The molecule has 0 nitrogen and oxygen atoms in total. The van der Waals surface area contributed by atoms with Gasteiger partial charge in [-0.25, -0.2) is 0 Å². The first-order chi connectivity index (χ1) is 9.90. The van der Waals surface area contributed by atoms with Crippen molar-refractivity contribution in [3.05, 3.63) is 22.8 Å². The normalized spacial score (nSPS) is 39.9. The molecular formula is C21H34. The highest BCUT2D eigenvalue weighted by Crippen LogP contribution is 2.62. The van der Waals surface area contributed by atoms with Crippen LogP contribution >= 0.6 is 0 Å². The van der Waals surface area contributed by atoms with Crippen molar-refractivity contribution in [2.45, 2.75) is 86.0 Å². The van der Waals surface area contributed by atoms with Gasteiger partial charge in [0.05, 0.1) is 0 Å². The van der Waals surface area contributed by atoms with E-state index in [0.29, 0.717) is 10.8 Å². The molecule has 118 valence electrons. The lowest BCUT2D eigenvalue weighted by atomic mass is 9.48. The lowest BCUT2D eigenvalue weighted by Gasteiger charge is -2.57. The third-order valence-corrected chi connectivity index (χ3v) is 7.41. The Balaban J connectivity index is 2.00. The number of hydrogen-bond acceptors (Lipinski definition) is 0. The topological polar surface area (TPSA) is 0 Å². The molecule has 0 aromatic carbocycles. The summed E-state index contributed by atoms with van der Waals surface area (Å²) in [6.07, 6.45) is 13.8. The Hall–Kier alpha value is -0.520. The average molecular weight is 287 g/mol. The van der Waals surface area contributed by atoms with Crippen LogP contribution in [0.4, 0.5) is 0 Å². The molecule has 0 radical (unpaired) electrons. The first kappa shape index (κ1) is 15.4. The van der Waals surface area contributed by atoms with Gasteiger partial charge in [-0.05, 0) is 66.8 Å². The lowest BCUT2D eigenvalue weighted by Crippen LogP contribution is -2.47. The molecule has 3 rings (SSSR count). The highest BCUT2D eigenvalue weighted by molar-refractivity contribution is 5.40. The van der Waals surface area contributed by atoms with Gasteiger partial charge in [0.1, 0.15) is 0 Å². The molecule has 0 heterocycles. The molecule has 1 saturated carbocycles. The fourth-order valence-corrected chi connectivity index (χ4v) is 5.87. The summed E-state index contributed by atoms with van der Waals surface area (Å²) in [7, 11) is 0. The van der Waals surface area contributed by atoms with Crippen LogP contribution in [-0.4, -0.2) is 0 Å². The van der Waals surface area contributed by atoms with Gasteiger partial charge < -0.3 is 0 Å². The van der Waals surface area contributed by atoms with Crippen molar-refractivity contribution >= 4 is 0 Å². The van der Waals surface area contributed by atoms with Crippen molar-refractivity contribution < 1.29 is 0 Å². The zero-order valence-electron chi connectivity index (χ0n) is 14.9. The summed E-state index contributed by atoms with van der Waals surface area (Å²) in [5.41, 5.74) is 6.40. The molecule has 3 aliphatic rings. The van der Waals surface area contributed by atoms with Gasteiger partial charge in [0.25, 0.3) is 0 Å². The molecule has 0 amide bonds. The molecule has 21 heavy (non-hydrogen) atoms. The number of allylic oxidation sites excluding steroid dienone is 4. The van der Waals surface area contributed by atoms with Crippen molar-refractivity contribution in [1.82, 2.24) is 0 Å². The average Bonchev–Trinajstić information content (AvgIpc) is 2.46. The predicted molar refractivity (Wildman–Crippen MR) is 92.3 cm³/mol. The second-order valence-corrected chi connectivity index (χ2v) is 8.75. The standard InChI is InChI=1S/C21H34/c1-6-20(4)12-7-13-21(5)18-10-8-16(15(2)3)14-17(18)9-11-19(20)21/h14-15,19H,6-13H2,1-5H3/t19?,20-,21?/m1/s1. The Morgan fingerprint density at radius 3 is 2.57 bits per heavy atom. The maximum Gasteiger partial charge on any atom is -0.00769 e. The minimum Gasteiger partial charge on any atom is -0.0671 e. The Bertz CT molecular complexity index is 478. The molecule has 2 unspecified atom stereocenters. The van der Waals surface area contributed by atoms with Gasteiger partial charge in [0, 0.05) is 0 Å². The first-order valence-corrected chi connectivity index (χ1v) is 9.33. The second kappa shape index (κ2) is 5.28. The third kappa shape index (κ3) is 2.34. The van der Waals surface area contributed by atoms with E-state index < -0.39 is 0 Å². The molecule has 3 aliphatic carbocycles. The largest absolute Gasteiger partial charge is 0.0671 e. The van der Waals surface area contributed by atoms with E-state index in [1.807, 2.05) is 5.57 Å². The van der Waals surface area contributed by atoms with Gasteiger partial charge in [-0.15, -0.1) is 0 Å². The van der Waals surface area contributed by atoms with Crippen LogP contribution in [0.5, 0.6) is 0 Å². The van der Waals surface area contributed by atoms with Gasteiger partial charge in [-0.3, -0.25) is 0 Å². The third-order valence-electron chi connectivity index (χ3n) is 7.41. The molecule has 0 heteroatoms. The molecule has 1 fully saturated rings. The number of fused-ring (bicyclic) bond motifs is 2. The molecule has 0 aromatic heterocycles. The molecule has 0 N–H and O–H groups in total. The SMILES string of the molecule is CC[C@]1(C)CCCC2(C)C3=C(C=C(C(C)C)CC3)CCC21. The van der Waals surface area contributed by atoms with Crippen molar-refractivity contribution in [3.8, 4) is 0 Å². The quantitative estimate of drug-likeness (QED) is 0.531. The number of hydrogen-bond donors (Lipinski definition) is 0. The predicted octanol–water partition coefficient (Wildman–Crippen LogP) is 6.68. The Morgan fingerprint density at radius 2 is 1.90 bits per heavy atom. The van der Waals surface area contributed by atoms with Gasteiger partial charge in [-0.1, -0.05) is 64.7 Å². The monoisotopic (exact) mass is 286 g/mol. The molecular weight excluding hydrogens is 252 g/mol. The minimum absolute atomic E-state index is 0.510. The minimum atomic E-state index is 0.510. The van der Waals surface area contributed by atoms with Gasteiger partial charge >= 0.3 is 0 Å². The zero-order valence-corrected chi connectivity index (χ0v) is 14.9. The lowest BCUT2D eigenvalue weighted by molar-refractivity contribution is -0.00517. The van der Waals surface area contributed by atoms with Crippen LogP contribution < -0.4 is 0 Å². The van der Waals surface area contributed by atoms with Crippen LogP contribution in [-0.2, 0) is 0 Å². The fraction of sp³-hybridized carbons (Fsp3) is 0.810. The van der Waals surface area contributed by atoms with E-state index in [0.717, 1.165) is 11.8 Å². The van der Waals surface area contributed by atoms with Crippen LogP contribution in [0.15, 0.2) is 22.8 Å². The summed E-state index contributed by atoms with van der Waals surface area (Å²) < 4.78 is 0. The van der Waals surface area contributed by atoms with Gasteiger partial charge in [0.2, 0.25) is 0 Å². The second-order valence-electron chi connectivity index (χ2n) is 8.75. The zero-order chi connectivity index (χ0) is 15.3. The van der Waals surface area contributed by atoms with Crippen molar-refractivity contribution in [3.63, 3.8) is 0 Å². The van der Waals surface area contributed by atoms with Crippen LogP contribution in [0, 0.1) is 22.7 Å². The summed E-state index contributed by atoms with van der Waals surface area (Å²) in [6.45, 7) is 12.3. The van der Waals surface area contributed by atoms with Gasteiger partial charge in [0.15, 0.2) is 0 Å². The van der Waals surface area contributed by atoms with Gasteiger partial charge in [-0.2, -0.15) is 0 Å². The molecule has 0 aromatic rings. The highest BCUT2D eigenvalue weighted by atomic mass is 14.6. The maximum absolute atomic E-state index is 2.62. The first-order valence-electron chi connectivity index (χ1n) is 9.33. The molecule has 0 spiro atoms. The summed E-state index contributed by atoms with van der Waals surface area (Å²) in [4.78, 5) is 0. The summed E-state index contributed by atoms with van der Waals surface area (Å²) in [5.74, 6) is 1.66. The molecule has 0 aliphatic heterocycles. The summed E-state index contributed by atoms with van der Waals surface area (Å²) in [6, 6.07) is 0. The molecule has 0 bridgehead atoms. The maximum atomic E-state index is 2.62. The molecule has 0 saturated heterocycles. The Kier molecular flexibility index (Phi) is 3.87. The Labute approximate surface area is 132 Å². The van der Waals surface area contributed by atoms with E-state index in [4.69, 9.17) is 0 Å². The smallest absolute Gasteiger partial charge is 0.00769 e. The fourth-order valence-electron chi connectivity index (χ4n) is 5.87. The van der Waals surface area contributed by atoms with E-state index in [2.05, 4.69) is 40.7 Å². The van der Waals surface area contributed by atoms with E-state index in [-0.39, 0.29) is 0 Å². The summed E-state index contributed by atoms with van der Waals surface area (Å²) >= 11 is 0. The Morgan fingerprint density at radius 1 is 1.14 bits per heavy atom. The van der Waals surface area contributed by atoms with Crippen molar-refractivity contribution in [1.29, 1.82) is 0 Å². The van der Waals surface area contributed by atoms with E-state index in [9.17, 15) is 0 Å². The van der Waals surface area contributed by atoms with E-state index in [1.165, 1.54) is 51.4 Å². The molecule has 3 atom stereocenters. The van der Waals surface area contributed by atoms with E-state index >= 15 is 0 Å². The van der Waals surface area contributed by atoms with E-state index in [1.54, 1.807) is 11.1 Å². The number of rotatable bonds is 2. The van der Waals surface area contributed by atoms with Crippen molar-refractivity contribution in [2.75, 3.05) is 0 Å². The van der Waals surface area contributed by atoms with Crippen LogP contribution in [0.2, 0.25) is 0 Å². The summed E-state index contributed by atoms with van der Waals surface area (Å²) in [5, 5.41) is 0. The highest BCUT2D eigenvalue weighted by Gasteiger charge is 2.51. The van der Waals surface area contributed by atoms with Crippen LogP contribution in [0.25, 0.3) is 0 Å². The van der Waals surface area contributed by atoms with Crippen molar-refractivity contribution in [2.24, 2.45) is 22.7 Å². The van der Waals surface area contributed by atoms with Crippen LogP contribution in [0.3, 0.4) is 0 Å². The van der Waals surface area contributed by atoms with Crippen LogP contribution in [0.1, 0.15) is 86.0 Å².